The average molecular weight is 240 g/mol. The summed E-state index contributed by atoms with van der Waals surface area (Å²) in [6.45, 7) is 9.72. The molecule has 1 N–H and O–H groups in total. The van der Waals surface area contributed by atoms with Crippen LogP contribution in [0.25, 0.3) is 0 Å². The molecule has 98 valence electrons. The molecule has 1 aromatic rings. The summed E-state index contributed by atoms with van der Waals surface area (Å²) in [5, 5.41) is 7.50. The molecule has 0 fully saturated rings. The third-order valence-electron chi connectivity index (χ3n) is 2.48. The standard InChI is InChI=1S/C12H24N4O/c1-4-16-12(14-10-15-16)9-13-7-5-6-8-17-11(2)3/h10-11,13H,4-9H2,1-3H3. The van der Waals surface area contributed by atoms with Crippen molar-refractivity contribution >= 4 is 0 Å². The summed E-state index contributed by atoms with van der Waals surface area (Å²) in [6.07, 6.45) is 4.18. The van der Waals surface area contributed by atoms with Crippen molar-refractivity contribution in [1.29, 1.82) is 0 Å². The summed E-state index contributed by atoms with van der Waals surface area (Å²) < 4.78 is 7.39. The van der Waals surface area contributed by atoms with E-state index in [1.54, 1.807) is 6.33 Å². The van der Waals surface area contributed by atoms with Crippen LogP contribution in [0.1, 0.15) is 39.4 Å². The molecule has 5 heteroatoms. The molecule has 0 aliphatic rings. The van der Waals surface area contributed by atoms with Crippen LogP contribution >= 0.6 is 0 Å². The molecule has 5 nitrogen and oxygen atoms in total. The lowest BCUT2D eigenvalue weighted by atomic mass is 10.3. The van der Waals surface area contributed by atoms with Crippen molar-refractivity contribution in [1.82, 2.24) is 20.1 Å². The Balaban J connectivity index is 2.01. The van der Waals surface area contributed by atoms with Gasteiger partial charge >= 0.3 is 0 Å². The highest BCUT2D eigenvalue weighted by Gasteiger charge is 2.00. The largest absolute Gasteiger partial charge is 0.379 e. The van der Waals surface area contributed by atoms with Crippen molar-refractivity contribution in [3.05, 3.63) is 12.2 Å². The highest BCUT2D eigenvalue weighted by molar-refractivity contribution is 4.83. The highest BCUT2D eigenvalue weighted by atomic mass is 16.5. The van der Waals surface area contributed by atoms with Gasteiger partial charge in [-0.25, -0.2) is 9.67 Å². The van der Waals surface area contributed by atoms with Gasteiger partial charge in [-0.3, -0.25) is 0 Å². The van der Waals surface area contributed by atoms with Gasteiger partial charge in [-0.1, -0.05) is 0 Å². The third-order valence-corrected chi connectivity index (χ3v) is 2.48. The van der Waals surface area contributed by atoms with Crippen LogP contribution in [0.15, 0.2) is 6.33 Å². The summed E-state index contributed by atoms with van der Waals surface area (Å²) >= 11 is 0. The predicted octanol–water partition coefficient (Wildman–Crippen LogP) is 1.59. The molecule has 0 radical (unpaired) electrons. The molecular formula is C12H24N4O. The zero-order valence-electron chi connectivity index (χ0n) is 11.1. The van der Waals surface area contributed by atoms with E-state index in [2.05, 4.69) is 36.2 Å². The summed E-state index contributed by atoms with van der Waals surface area (Å²) in [4.78, 5) is 4.21. The maximum absolute atomic E-state index is 5.48. The molecule has 1 heterocycles. The fourth-order valence-electron chi connectivity index (χ4n) is 1.56. The summed E-state index contributed by atoms with van der Waals surface area (Å²) in [5.41, 5.74) is 0. The highest BCUT2D eigenvalue weighted by Crippen LogP contribution is 1.95. The van der Waals surface area contributed by atoms with E-state index in [-0.39, 0.29) is 0 Å². The zero-order chi connectivity index (χ0) is 12.5. The molecule has 17 heavy (non-hydrogen) atoms. The van der Waals surface area contributed by atoms with E-state index in [1.165, 1.54) is 0 Å². The monoisotopic (exact) mass is 240 g/mol. The number of nitrogens with zero attached hydrogens (tertiary/aromatic N) is 3. The van der Waals surface area contributed by atoms with Crippen molar-refractivity contribution in [2.45, 2.75) is 52.8 Å². The number of aryl methyl sites for hydroxylation is 1. The van der Waals surface area contributed by atoms with Crippen molar-refractivity contribution in [2.24, 2.45) is 0 Å². The average Bonchev–Trinajstić information content (AvgIpc) is 2.74. The first-order valence-corrected chi connectivity index (χ1v) is 6.43. The maximum Gasteiger partial charge on any atom is 0.140 e. The number of aromatic nitrogens is 3. The number of hydrogen-bond donors (Lipinski definition) is 1. The Hall–Kier alpha value is -0.940. The second-order valence-corrected chi connectivity index (χ2v) is 4.30. The molecule has 1 aromatic heterocycles. The Kier molecular flexibility index (Phi) is 6.81. The van der Waals surface area contributed by atoms with E-state index in [9.17, 15) is 0 Å². The molecule has 0 saturated heterocycles. The smallest absolute Gasteiger partial charge is 0.140 e. The maximum atomic E-state index is 5.48. The van der Waals surface area contributed by atoms with Gasteiger partial charge in [0.25, 0.3) is 0 Å². The lowest BCUT2D eigenvalue weighted by molar-refractivity contribution is 0.0760. The second-order valence-electron chi connectivity index (χ2n) is 4.30. The van der Waals surface area contributed by atoms with Gasteiger partial charge in [0.1, 0.15) is 12.2 Å². The minimum atomic E-state index is 0.339. The quantitative estimate of drug-likeness (QED) is 0.666. The minimum absolute atomic E-state index is 0.339. The van der Waals surface area contributed by atoms with E-state index in [0.717, 1.165) is 44.9 Å². The van der Waals surface area contributed by atoms with Crippen molar-refractivity contribution in [3.63, 3.8) is 0 Å². The van der Waals surface area contributed by atoms with Crippen LogP contribution in [-0.4, -0.2) is 34.0 Å². The summed E-state index contributed by atoms with van der Waals surface area (Å²) in [5.74, 6) is 1.01. The Morgan fingerprint density at radius 3 is 2.94 bits per heavy atom. The minimum Gasteiger partial charge on any atom is -0.379 e. The van der Waals surface area contributed by atoms with Crippen molar-refractivity contribution in [3.8, 4) is 0 Å². The molecule has 0 spiro atoms. The van der Waals surface area contributed by atoms with Gasteiger partial charge in [0.05, 0.1) is 12.6 Å². The van der Waals surface area contributed by atoms with E-state index in [0.29, 0.717) is 6.10 Å². The number of hydrogen-bond acceptors (Lipinski definition) is 4. The van der Waals surface area contributed by atoms with E-state index in [4.69, 9.17) is 4.74 Å². The van der Waals surface area contributed by atoms with Crippen LogP contribution in [0.2, 0.25) is 0 Å². The Bertz CT molecular complexity index is 298. The van der Waals surface area contributed by atoms with Crippen LogP contribution in [0.5, 0.6) is 0 Å². The van der Waals surface area contributed by atoms with Crippen molar-refractivity contribution < 1.29 is 4.74 Å². The SMILES string of the molecule is CCn1ncnc1CNCCCCOC(C)C. The van der Waals surface area contributed by atoms with Gasteiger partial charge in [0, 0.05) is 13.2 Å². The van der Waals surface area contributed by atoms with E-state index < -0.39 is 0 Å². The molecule has 0 unspecified atom stereocenters. The predicted molar refractivity (Wildman–Crippen MR) is 67.7 cm³/mol. The molecule has 0 aliphatic heterocycles. The molecule has 0 saturated carbocycles. The normalized spacial score (nSPS) is 11.3. The Morgan fingerprint density at radius 1 is 1.41 bits per heavy atom. The number of unbranched alkanes of at least 4 members (excludes halogenated alkanes) is 1. The van der Waals surface area contributed by atoms with Gasteiger partial charge in [-0.05, 0) is 40.2 Å². The summed E-state index contributed by atoms with van der Waals surface area (Å²) in [6, 6.07) is 0. The second kappa shape index (κ2) is 8.20. The first-order chi connectivity index (χ1) is 8.24. The Labute approximate surface area is 104 Å². The fourth-order valence-corrected chi connectivity index (χ4v) is 1.56. The molecule has 0 amide bonds. The molecule has 0 atom stereocenters. The molecule has 0 aliphatic carbocycles. The van der Waals surface area contributed by atoms with E-state index >= 15 is 0 Å². The first kappa shape index (κ1) is 14.1. The van der Waals surface area contributed by atoms with Crippen LogP contribution < -0.4 is 5.32 Å². The number of ether oxygens (including phenoxy) is 1. The topological polar surface area (TPSA) is 52.0 Å². The number of nitrogens with one attached hydrogen (secondary N) is 1. The van der Waals surface area contributed by atoms with Gasteiger partial charge in [-0.15, -0.1) is 0 Å². The van der Waals surface area contributed by atoms with Crippen LogP contribution in [0.4, 0.5) is 0 Å². The molecular weight excluding hydrogens is 216 g/mol. The molecule has 1 rings (SSSR count). The fraction of sp³-hybridized carbons (Fsp3) is 0.833. The van der Waals surface area contributed by atoms with Gasteiger partial charge < -0.3 is 10.1 Å². The molecule has 0 bridgehead atoms. The van der Waals surface area contributed by atoms with Gasteiger partial charge in [0.2, 0.25) is 0 Å². The molecule has 0 aromatic carbocycles. The van der Waals surface area contributed by atoms with Crippen molar-refractivity contribution in [2.75, 3.05) is 13.2 Å². The first-order valence-electron chi connectivity index (χ1n) is 6.43. The number of rotatable bonds is 9. The zero-order valence-corrected chi connectivity index (χ0v) is 11.1. The van der Waals surface area contributed by atoms with Crippen LogP contribution in [-0.2, 0) is 17.8 Å². The van der Waals surface area contributed by atoms with Crippen LogP contribution in [0.3, 0.4) is 0 Å². The summed E-state index contributed by atoms with van der Waals surface area (Å²) in [7, 11) is 0. The van der Waals surface area contributed by atoms with Gasteiger partial charge in [-0.2, -0.15) is 5.10 Å². The lowest BCUT2D eigenvalue weighted by Gasteiger charge is -2.08. The van der Waals surface area contributed by atoms with Crippen LogP contribution in [0, 0.1) is 0 Å². The van der Waals surface area contributed by atoms with E-state index in [1.807, 2.05) is 4.68 Å². The Morgan fingerprint density at radius 2 is 2.24 bits per heavy atom. The third kappa shape index (κ3) is 5.79. The van der Waals surface area contributed by atoms with Gasteiger partial charge in [0.15, 0.2) is 0 Å². The lowest BCUT2D eigenvalue weighted by Crippen LogP contribution is -2.19.